The van der Waals surface area contributed by atoms with E-state index in [1.807, 2.05) is 19.2 Å². The molecule has 0 fully saturated rings. The van der Waals surface area contributed by atoms with Crippen LogP contribution in [0.15, 0.2) is 16.8 Å². The van der Waals surface area contributed by atoms with Crippen molar-refractivity contribution in [2.75, 3.05) is 0 Å². The first-order valence-electron chi connectivity index (χ1n) is 5.20. The average Bonchev–Trinajstić information content (AvgIpc) is 2.68. The normalized spacial score (nSPS) is 14.6. The lowest BCUT2D eigenvalue weighted by molar-refractivity contribution is -0.123. The monoisotopic (exact) mass is 226 g/mol. The standard InChI is InChI=1S/C11H18N2OS/c1-3-10(12)11(14)13-8(2)6-9-4-5-15-7-9/h4-5,7-8,10H,3,6,12H2,1-2H3,(H,13,14)/t8?,10-/m0/s1. The number of hydrogen-bond donors (Lipinski definition) is 2. The van der Waals surface area contributed by atoms with Gasteiger partial charge >= 0.3 is 0 Å². The summed E-state index contributed by atoms with van der Waals surface area (Å²) in [5, 5.41) is 7.05. The van der Waals surface area contributed by atoms with Crippen molar-refractivity contribution in [2.45, 2.75) is 38.8 Å². The third-order valence-corrected chi connectivity index (χ3v) is 3.02. The molecule has 0 spiro atoms. The zero-order valence-corrected chi connectivity index (χ0v) is 10.0. The third-order valence-electron chi connectivity index (χ3n) is 2.29. The summed E-state index contributed by atoms with van der Waals surface area (Å²) >= 11 is 1.67. The highest BCUT2D eigenvalue weighted by Gasteiger charge is 2.13. The topological polar surface area (TPSA) is 55.1 Å². The molecule has 0 aliphatic carbocycles. The molecule has 0 aliphatic rings. The number of carbonyl (C=O) groups is 1. The molecule has 0 saturated carbocycles. The van der Waals surface area contributed by atoms with Crippen LogP contribution >= 0.6 is 11.3 Å². The van der Waals surface area contributed by atoms with E-state index in [0.29, 0.717) is 6.42 Å². The molecule has 0 aliphatic heterocycles. The predicted molar refractivity (Wildman–Crippen MR) is 63.9 cm³/mol. The van der Waals surface area contributed by atoms with Crippen LogP contribution in [-0.4, -0.2) is 18.0 Å². The molecule has 2 atom stereocenters. The Morgan fingerprint density at radius 1 is 1.67 bits per heavy atom. The lowest BCUT2D eigenvalue weighted by Gasteiger charge is -2.16. The fourth-order valence-electron chi connectivity index (χ4n) is 1.35. The Balaban J connectivity index is 2.36. The summed E-state index contributed by atoms with van der Waals surface area (Å²) in [6, 6.07) is 1.84. The number of nitrogens with one attached hydrogen (secondary N) is 1. The first-order chi connectivity index (χ1) is 7.13. The van der Waals surface area contributed by atoms with Gasteiger partial charge in [-0.1, -0.05) is 6.92 Å². The van der Waals surface area contributed by atoms with Crippen molar-refractivity contribution in [3.8, 4) is 0 Å². The molecular formula is C11H18N2OS. The van der Waals surface area contributed by atoms with Gasteiger partial charge in [0, 0.05) is 6.04 Å². The molecule has 0 radical (unpaired) electrons. The van der Waals surface area contributed by atoms with E-state index in [1.165, 1.54) is 5.56 Å². The molecule has 1 aromatic rings. The van der Waals surface area contributed by atoms with Crippen LogP contribution < -0.4 is 11.1 Å². The minimum absolute atomic E-state index is 0.0553. The largest absolute Gasteiger partial charge is 0.352 e. The van der Waals surface area contributed by atoms with E-state index < -0.39 is 0 Å². The number of hydrogen-bond acceptors (Lipinski definition) is 3. The van der Waals surface area contributed by atoms with Gasteiger partial charge in [-0.15, -0.1) is 0 Å². The van der Waals surface area contributed by atoms with Crippen LogP contribution in [0.5, 0.6) is 0 Å². The highest BCUT2D eigenvalue weighted by atomic mass is 32.1. The maximum Gasteiger partial charge on any atom is 0.237 e. The molecule has 1 aromatic heterocycles. The van der Waals surface area contributed by atoms with Crippen LogP contribution in [0.4, 0.5) is 0 Å². The van der Waals surface area contributed by atoms with Gasteiger partial charge in [-0.25, -0.2) is 0 Å². The van der Waals surface area contributed by atoms with Crippen LogP contribution in [0.1, 0.15) is 25.8 Å². The third kappa shape index (κ3) is 4.01. The number of rotatable bonds is 5. The summed E-state index contributed by atoms with van der Waals surface area (Å²) in [6.07, 6.45) is 1.54. The summed E-state index contributed by atoms with van der Waals surface area (Å²) in [5.41, 5.74) is 6.89. The lowest BCUT2D eigenvalue weighted by Crippen LogP contribution is -2.44. The predicted octanol–water partition coefficient (Wildman–Crippen LogP) is 1.53. The molecule has 1 rings (SSSR count). The van der Waals surface area contributed by atoms with Crippen molar-refractivity contribution < 1.29 is 4.79 Å². The zero-order valence-electron chi connectivity index (χ0n) is 9.19. The van der Waals surface area contributed by atoms with Gasteiger partial charge in [0.25, 0.3) is 0 Å². The Bertz CT molecular complexity index is 298. The van der Waals surface area contributed by atoms with Crippen LogP contribution in [0.3, 0.4) is 0 Å². The second-order valence-corrected chi connectivity index (χ2v) is 4.54. The molecule has 84 valence electrons. The highest BCUT2D eigenvalue weighted by molar-refractivity contribution is 7.07. The van der Waals surface area contributed by atoms with E-state index in [0.717, 1.165) is 6.42 Å². The molecule has 1 amide bonds. The van der Waals surface area contributed by atoms with Gasteiger partial charge in [-0.2, -0.15) is 11.3 Å². The summed E-state index contributed by atoms with van der Waals surface area (Å²) in [7, 11) is 0. The zero-order chi connectivity index (χ0) is 11.3. The van der Waals surface area contributed by atoms with Crippen LogP contribution in [0, 0.1) is 0 Å². The van der Waals surface area contributed by atoms with Gasteiger partial charge in [0.15, 0.2) is 0 Å². The van der Waals surface area contributed by atoms with Crippen molar-refractivity contribution >= 4 is 17.2 Å². The molecule has 4 heteroatoms. The van der Waals surface area contributed by atoms with Crippen LogP contribution in [0.2, 0.25) is 0 Å². The lowest BCUT2D eigenvalue weighted by atomic mass is 10.1. The van der Waals surface area contributed by atoms with Crippen molar-refractivity contribution in [1.82, 2.24) is 5.32 Å². The highest BCUT2D eigenvalue weighted by Crippen LogP contribution is 2.08. The molecule has 3 N–H and O–H groups in total. The second kappa shape index (κ2) is 5.88. The SMILES string of the molecule is CC[C@H](N)C(=O)NC(C)Cc1ccsc1. The number of carbonyl (C=O) groups excluding carboxylic acids is 1. The maximum absolute atomic E-state index is 11.5. The molecule has 15 heavy (non-hydrogen) atoms. The Kier molecular flexibility index (Phi) is 4.78. The molecule has 3 nitrogen and oxygen atoms in total. The van der Waals surface area contributed by atoms with Gasteiger partial charge in [-0.3, -0.25) is 4.79 Å². The molecule has 1 heterocycles. The number of nitrogens with two attached hydrogens (primary N) is 1. The smallest absolute Gasteiger partial charge is 0.237 e. The fourth-order valence-corrected chi connectivity index (χ4v) is 2.03. The van der Waals surface area contributed by atoms with Crippen molar-refractivity contribution in [2.24, 2.45) is 5.73 Å². The molecular weight excluding hydrogens is 208 g/mol. The first kappa shape index (κ1) is 12.2. The van der Waals surface area contributed by atoms with E-state index in [2.05, 4.69) is 16.8 Å². The number of thiophene rings is 1. The second-order valence-electron chi connectivity index (χ2n) is 3.76. The first-order valence-corrected chi connectivity index (χ1v) is 6.14. The molecule has 0 aromatic carbocycles. The van der Waals surface area contributed by atoms with E-state index in [1.54, 1.807) is 11.3 Å². The van der Waals surface area contributed by atoms with Gasteiger partial charge in [0.05, 0.1) is 6.04 Å². The van der Waals surface area contributed by atoms with Crippen molar-refractivity contribution in [3.63, 3.8) is 0 Å². The Morgan fingerprint density at radius 2 is 2.40 bits per heavy atom. The summed E-state index contributed by atoms with van der Waals surface area (Å²) in [4.78, 5) is 11.5. The average molecular weight is 226 g/mol. The minimum atomic E-state index is -0.380. The molecule has 0 saturated heterocycles. The summed E-state index contributed by atoms with van der Waals surface area (Å²) in [5.74, 6) is -0.0553. The molecule has 1 unspecified atom stereocenters. The summed E-state index contributed by atoms with van der Waals surface area (Å²) in [6.45, 7) is 3.91. The quantitative estimate of drug-likeness (QED) is 0.800. The Morgan fingerprint density at radius 3 is 2.93 bits per heavy atom. The van der Waals surface area contributed by atoms with E-state index in [9.17, 15) is 4.79 Å². The van der Waals surface area contributed by atoms with Crippen molar-refractivity contribution in [1.29, 1.82) is 0 Å². The number of amides is 1. The van der Waals surface area contributed by atoms with Gasteiger partial charge in [-0.05, 0) is 42.2 Å². The van der Waals surface area contributed by atoms with E-state index >= 15 is 0 Å². The van der Waals surface area contributed by atoms with E-state index in [4.69, 9.17) is 5.73 Å². The van der Waals surface area contributed by atoms with E-state index in [-0.39, 0.29) is 18.0 Å². The van der Waals surface area contributed by atoms with Crippen LogP contribution in [0.25, 0.3) is 0 Å². The fraction of sp³-hybridized carbons (Fsp3) is 0.545. The van der Waals surface area contributed by atoms with Gasteiger partial charge in [0.1, 0.15) is 0 Å². The van der Waals surface area contributed by atoms with Crippen LogP contribution in [-0.2, 0) is 11.2 Å². The minimum Gasteiger partial charge on any atom is -0.352 e. The molecule has 0 bridgehead atoms. The Labute approximate surface area is 94.7 Å². The summed E-state index contributed by atoms with van der Waals surface area (Å²) < 4.78 is 0. The Hall–Kier alpha value is -0.870. The maximum atomic E-state index is 11.5. The van der Waals surface area contributed by atoms with Crippen molar-refractivity contribution in [3.05, 3.63) is 22.4 Å². The van der Waals surface area contributed by atoms with Gasteiger partial charge < -0.3 is 11.1 Å². The van der Waals surface area contributed by atoms with Gasteiger partial charge in [0.2, 0.25) is 5.91 Å².